The van der Waals surface area contributed by atoms with Gasteiger partial charge in [0.2, 0.25) is 0 Å². The highest BCUT2D eigenvalue weighted by Gasteiger charge is 2.44. The van der Waals surface area contributed by atoms with Gasteiger partial charge in [0, 0.05) is 66.4 Å². The van der Waals surface area contributed by atoms with E-state index in [4.69, 9.17) is 14.7 Å². The lowest BCUT2D eigenvalue weighted by Crippen LogP contribution is -2.46. The summed E-state index contributed by atoms with van der Waals surface area (Å²) in [7, 11) is 0. The van der Waals surface area contributed by atoms with Crippen LogP contribution in [-0.2, 0) is 16.9 Å². The fraction of sp³-hybridized carbons (Fsp3) is 0.282. The third kappa shape index (κ3) is 7.54. The van der Waals surface area contributed by atoms with Gasteiger partial charge in [0.15, 0.2) is 0 Å². The average molecular weight is 690 g/mol. The number of nitriles is 1. The Labute approximate surface area is 294 Å². The highest BCUT2D eigenvalue weighted by atomic mass is 19.1. The number of hydrogen-bond acceptors (Lipinski definition) is 8. The molecule has 1 N–H and O–H groups in total. The first kappa shape index (κ1) is 33.7. The summed E-state index contributed by atoms with van der Waals surface area (Å²) >= 11 is 0. The van der Waals surface area contributed by atoms with Gasteiger partial charge in [0.1, 0.15) is 35.6 Å². The number of halogens is 2. The van der Waals surface area contributed by atoms with Gasteiger partial charge in [-0.2, -0.15) is 10.4 Å². The van der Waals surface area contributed by atoms with Crippen LogP contribution in [0.15, 0.2) is 97.6 Å². The molecule has 2 fully saturated rings. The Morgan fingerprint density at radius 3 is 2.47 bits per heavy atom. The Morgan fingerprint density at radius 2 is 1.76 bits per heavy atom. The first-order chi connectivity index (χ1) is 24.8. The lowest BCUT2D eigenvalue weighted by atomic mass is 9.87. The van der Waals surface area contributed by atoms with Crippen LogP contribution in [0.5, 0.6) is 5.75 Å². The zero-order chi connectivity index (χ0) is 35.4. The molecule has 10 nitrogen and oxygen atoms in total. The number of anilines is 3. The maximum atomic E-state index is 15.0. The number of piperazine rings is 1. The average Bonchev–Trinajstić information content (AvgIpc) is 3.82. The Bertz CT molecular complexity index is 2040. The molecule has 0 unspecified atom stereocenters. The Morgan fingerprint density at radius 1 is 1.00 bits per heavy atom. The number of ether oxygens (including phenoxy) is 2. The first-order valence-electron chi connectivity index (χ1n) is 16.9. The molecule has 3 heterocycles. The van der Waals surface area contributed by atoms with Gasteiger partial charge in [-0.1, -0.05) is 12.1 Å². The van der Waals surface area contributed by atoms with Crippen molar-refractivity contribution in [2.24, 2.45) is 5.92 Å². The van der Waals surface area contributed by atoms with Crippen LogP contribution in [0, 0.1) is 35.8 Å². The summed E-state index contributed by atoms with van der Waals surface area (Å²) in [6.45, 7) is 6.36. The third-order valence-corrected chi connectivity index (χ3v) is 9.54. The van der Waals surface area contributed by atoms with Crippen LogP contribution in [0.1, 0.15) is 33.5 Å². The number of carbonyl (C=O) groups excluding carboxylic acids is 1. The summed E-state index contributed by atoms with van der Waals surface area (Å²) in [5, 5.41) is 16.2. The van der Waals surface area contributed by atoms with Crippen molar-refractivity contribution in [1.29, 1.82) is 5.26 Å². The molecule has 5 aromatic rings. The molecule has 260 valence electrons. The molecule has 2 atom stereocenters. The maximum Gasteiger partial charge on any atom is 0.255 e. The predicted molar refractivity (Wildman–Crippen MR) is 189 cm³/mol. The van der Waals surface area contributed by atoms with Crippen LogP contribution >= 0.6 is 0 Å². The molecular formula is C39H37F2N7O3. The zero-order valence-corrected chi connectivity index (χ0v) is 28.1. The highest BCUT2D eigenvalue weighted by Crippen LogP contribution is 2.42. The van der Waals surface area contributed by atoms with E-state index >= 15 is 4.39 Å². The summed E-state index contributed by atoms with van der Waals surface area (Å²) in [4.78, 5) is 21.4. The first-order valence-corrected chi connectivity index (χ1v) is 16.9. The molecule has 2 aliphatic heterocycles. The number of amides is 1. The van der Waals surface area contributed by atoms with Crippen molar-refractivity contribution < 1.29 is 23.0 Å². The van der Waals surface area contributed by atoms with Crippen molar-refractivity contribution in [3.63, 3.8) is 0 Å². The number of rotatable bonds is 10. The molecule has 0 bridgehead atoms. The van der Waals surface area contributed by atoms with E-state index in [2.05, 4.69) is 43.4 Å². The number of nitrogens with zero attached hydrogens (tertiary/aromatic N) is 6. The zero-order valence-electron chi connectivity index (χ0n) is 28.1. The van der Waals surface area contributed by atoms with Crippen LogP contribution in [0.2, 0.25) is 0 Å². The summed E-state index contributed by atoms with van der Waals surface area (Å²) < 4.78 is 42.9. The summed E-state index contributed by atoms with van der Waals surface area (Å²) in [6, 6.07) is 26.3. The van der Waals surface area contributed by atoms with Crippen molar-refractivity contribution in [1.82, 2.24) is 14.8 Å². The predicted octanol–water partition coefficient (Wildman–Crippen LogP) is 6.33. The van der Waals surface area contributed by atoms with E-state index in [1.54, 1.807) is 35.3 Å². The van der Waals surface area contributed by atoms with Crippen molar-refractivity contribution in [2.45, 2.75) is 25.5 Å². The summed E-state index contributed by atoms with van der Waals surface area (Å²) in [6.07, 6.45) is 3.45. The van der Waals surface area contributed by atoms with E-state index in [1.165, 1.54) is 18.5 Å². The molecule has 51 heavy (non-hydrogen) atoms. The third-order valence-electron chi connectivity index (χ3n) is 9.54. The Kier molecular flexibility index (Phi) is 9.63. The fourth-order valence-electron chi connectivity index (χ4n) is 6.90. The Hall–Kier alpha value is -5.80. The topological polar surface area (TPSA) is 109 Å². The second-order valence-electron chi connectivity index (χ2n) is 13.0. The molecule has 0 radical (unpaired) electrons. The van der Waals surface area contributed by atoms with Gasteiger partial charge in [-0.3, -0.25) is 4.79 Å². The minimum atomic E-state index is -1.02. The fourth-order valence-corrected chi connectivity index (χ4v) is 6.90. The number of nitrogens with one attached hydrogen (secondary N) is 1. The summed E-state index contributed by atoms with van der Waals surface area (Å²) in [5.41, 5.74) is 4.08. The molecule has 0 aliphatic carbocycles. The van der Waals surface area contributed by atoms with Gasteiger partial charge in [0.05, 0.1) is 31.4 Å². The van der Waals surface area contributed by atoms with Gasteiger partial charge in [-0.05, 0) is 85.6 Å². The molecular weight excluding hydrogens is 652 g/mol. The lowest BCUT2D eigenvalue weighted by molar-refractivity contribution is -0.0206. The van der Waals surface area contributed by atoms with E-state index in [1.807, 2.05) is 37.3 Å². The smallest absolute Gasteiger partial charge is 0.255 e. The number of aryl methyl sites for hydroxylation is 1. The van der Waals surface area contributed by atoms with Crippen LogP contribution in [-0.4, -0.2) is 60.1 Å². The van der Waals surface area contributed by atoms with Crippen molar-refractivity contribution in [3.05, 3.63) is 131 Å². The van der Waals surface area contributed by atoms with E-state index in [9.17, 15) is 9.18 Å². The molecule has 12 heteroatoms. The molecule has 1 aromatic heterocycles. The van der Waals surface area contributed by atoms with Gasteiger partial charge < -0.3 is 24.6 Å². The number of hydrogen-bond donors (Lipinski definition) is 1. The minimum Gasteiger partial charge on any atom is -0.493 e. The number of benzene rings is 4. The van der Waals surface area contributed by atoms with Gasteiger partial charge in [-0.15, -0.1) is 0 Å². The largest absolute Gasteiger partial charge is 0.493 e. The highest BCUT2D eigenvalue weighted by molar-refractivity contribution is 6.04. The number of carbonyl (C=O) groups is 1. The molecule has 7 rings (SSSR count). The van der Waals surface area contributed by atoms with E-state index in [0.29, 0.717) is 42.0 Å². The lowest BCUT2D eigenvalue weighted by Gasteiger charge is -2.37. The normalized spacial score (nSPS) is 18.7. The van der Waals surface area contributed by atoms with E-state index in [-0.39, 0.29) is 18.4 Å². The van der Waals surface area contributed by atoms with Gasteiger partial charge in [0.25, 0.3) is 5.91 Å². The number of aromatic nitrogens is 3. The standard InChI is InChI=1S/C39H37F2N7O3/c1-27-17-34(47-15-13-46(14-16-47)33-8-5-30(6-9-33)38(49)45-32-4-2-3-28(18-32)21-42)10-12-37(27)50-22-29-20-39(51-23-29,24-48-26-43-25-44-48)35-11-7-31(40)19-36(35)41/h2-12,17-19,25-26,29H,13-16,20,22-24H2,1H3,(H,45,49)/t29-,39+/m1/s1. The second-order valence-corrected chi connectivity index (χ2v) is 13.0. The molecule has 2 saturated heterocycles. The molecule has 0 saturated carbocycles. The monoisotopic (exact) mass is 689 g/mol. The quantitative estimate of drug-likeness (QED) is 0.181. The van der Waals surface area contributed by atoms with E-state index in [0.717, 1.165) is 54.9 Å². The minimum absolute atomic E-state index is 0.0185. The Balaban J connectivity index is 0.926. The van der Waals surface area contributed by atoms with Crippen LogP contribution < -0.4 is 19.9 Å². The van der Waals surface area contributed by atoms with E-state index < -0.39 is 17.2 Å². The SMILES string of the molecule is Cc1cc(N2CCN(c3ccc(C(=O)Nc4cccc(C#N)c4)cc3)CC2)ccc1OC[C@@H]1CO[C@@](Cn2cncn2)(c2ccc(F)cc2F)C1. The van der Waals surface area contributed by atoms with Crippen molar-refractivity contribution in [3.8, 4) is 11.8 Å². The molecule has 0 spiro atoms. The molecule has 1 amide bonds. The molecule has 4 aromatic carbocycles. The van der Waals surface area contributed by atoms with Crippen molar-refractivity contribution in [2.75, 3.05) is 54.5 Å². The van der Waals surface area contributed by atoms with Crippen LogP contribution in [0.3, 0.4) is 0 Å². The summed E-state index contributed by atoms with van der Waals surface area (Å²) in [5.74, 6) is -0.753. The second kappa shape index (κ2) is 14.6. The maximum absolute atomic E-state index is 15.0. The van der Waals surface area contributed by atoms with Crippen LogP contribution in [0.4, 0.5) is 25.8 Å². The van der Waals surface area contributed by atoms with Gasteiger partial charge >= 0.3 is 0 Å². The van der Waals surface area contributed by atoms with Gasteiger partial charge in [-0.25, -0.2) is 18.4 Å². The molecule has 2 aliphatic rings. The van der Waals surface area contributed by atoms with Crippen molar-refractivity contribution >= 4 is 23.0 Å². The van der Waals surface area contributed by atoms with Crippen LogP contribution in [0.25, 0.3) is 0 Å².